The van der Waals surface area contributed by atoms with Gasteiger partial charge in [0.15, 0.2) is 5.78 Å². The van der Waals surface area contributed by atoms with Crippen molar-refractivity contribution in [2.24, 2.45) is 0 Å². The zero-order valence-electron chi connectivity index (χ0n) is 14.6. The zero-order valence-corrected chi connectivity index (χ0v) is 14.6. The molecule has 1 saturated heterocycles. The third kappa shape index (κ3) is 3.85. The van der Waals surface area contributed by atoms with E-state index in [0.29, 0.717) is 29.6 Å². The predicted octanol–water partition coefficient (Wildman–Crippen LogP) is 3.86. The summed E-state index contributed by atoms with van der Waals surface area (Å²) < 4.78 is 54.1. The molecule has 1 fully saturated rings. The van der Waals surface area contributed by atoms with Gasteiger partial charge in [-0.05, 0) is 31.7 Å². The second-order valence-corrected chi connectivity index (χ2v) is 6.84. The fraction of sp³-hybridized carbons (Fsp3) is 0.500. The minimum atomic E-state index is -4.45. The summed E-state index contributed by atoms with van der Waals surface area (Å²) in [5.74, 6) is -0.445. The number of alkyl halides is 4. The normalized spacial score (nSPS) is 21.9. The minimum Gasteiger partial charge on any atom is -0.379 e. The quantitative estimate of drug-likeness (QED) is 0.655. The zero-order chi connectivity index (χ0) is 19.1. The largest absolute Gasteiger partial charge is 0.406 e. The van der Waals surface area contributed by atoms with Gasteiger partial charge in [0, 0.05) is 31.1 Å². The number of ketones is 1. The van der Waals surface area contributed by atoms with Gasteiger partial charge in [-0.25, -0.2) is 4.39 Å². The second-order valence-electron chi connectivity index (χ2n) is 6.84. The van der Waals surface area contributed by atoms with Crippen molar-refractivity contribution in [1.82, 2.24) is 9.47 Å². The molecule has 8 heteroatoms. The number of nitrogens with zero attached hydrogens (tertiary/aromatic N) is 2. The molecule has 0 radical (unpaired) electrons. The standard InChI is InChI=1S/C18H21F4N3O/c1-11(26)17-8-12-14(23-15-6-7-24(2)9-13(15)19)4-3-5-16(12)25(17)10-18(20,21)22/h3-5,8,13,15,23H,6-7,9-10H2,1-2H3/t13-,15+/m0/s1. The molecule has 0 spiro atoms. The molecule has 26 heavy (non-hydrogen) atoms. The van der Waals surface area contributed by atoms with E-state index in [-0.39, 0.29) is 5.69 Å². The first kappa shape index (κ1) is 18.7. The molecule has 2 heterocycles. The summed E-state index contributed by atoms with van der Waals surface area (Å²) in [5.41, 5.74) is 0.843. The number of halogens is 4. The van der Waals surface area contributed by atoms with Crippen LogP contribution >= 0.6 is 0 Å². The first-order valence-corrected chi connectivity index (χ1v) is 8.45. The molecule has 0 aliphatic carbocycles. The van der Waals surface area contributed by atoms with Crippen LogP contribution in [0.4, 0.5) is 23.2 Å². The number of nitrogens with one attached hydrogen (secondary N) is 1. The van der Waals surface area contributed by atoms with Gasteiger partial charge in [0.25, 0.3) is 0 Å². The van der Waals surface area contributed by atoms with Crippen molar-refractivity contribution in [1.29, 1.82) is 0 Å². The summed E-state index contributed by atoms with van der Waals surface area (Å²) >= 11 is 0. The Morgan fingerprint density at radius 1 is 1.35 bits per heavy atom. The Morgan fingerprint density at radius 2 is 2.08 bits per heavy atom. The molecule has 0 amide bonds. The van der Waals surface area contributed by atoms with Crippen LogP contribution in [0.25, 0.3) is 10.9 Å². The van der Waals surface area contributed by atoms with Crippen LogP contribution in [0.1, 0.15) is 23.8 Å². The van der Waals surface area contributed by atoms with Gasteiger partial charge < -0.3 is 14.8 Å². The van der Waals surface area contributed by atoms with E-state index in [9.17, 15) is 22.4 Å². The number of piperidine rings is 1. The number of hydrogen-bond donors (Lipinski definition) is 1. The van der Waals surface area contributed by atoms with E-state index in [1.54, 1.807) is 18.2 Å². The Morgan fingerprint density at radius 3 is 2.69 bits per heavy atom. The third-order valence-corrected chi connectivity index (χ3v) is 4.73. The smallest absolute Gasteiger partial charge is 0.379 e. The fourth-order valence-electron chi connectivity index (χ4n) is 3.47. The second kappa shape index (κ2) is 6.90. The molecule has 1 aromatic heterocycles. The Balaban J connectivity index is 2.00. The highest BCUT2D eigenvalue weighted by molar-refractivity contribution is 6.02. The maximum absolute atomic E-state index is 14.3. The van der Waals surface area contributed by atoms with E-state index < -0.39 is 30.7 Å². The van der Waals surface area contributed by atoms with E-state index in [1.807, 2.05) is 11.9 Å². The molecule has 1 N–H and O–H groups in total. The monoisotopic (exact) mass is 371 g/mol. The van der Waals surface area contributed by atoms with Crippen LogP contribution in [-0.4, -0.2) is 53.8 Å². The lowest BCUT2D eigenvalue weighted by Gasteiger charge is -2.33. The van der Waals surface area contributed by atoms with Gasteiger partial charge in [-0.15, -0.1) is 0 Å². The van der Waals surface area contributed by atoms with Crippen molar-refractivity contribution in [3.63, 3.8) is 0 Å². The van der Waals surface area contributed by atoms with Crippen LogP contribution in [0.15, 0.2) is 24.3 Å². The topological polar surface area (TPSA) is 37.3 Å². The number of anilines is 1. The van der Waals surface area contributed by atoms with Gasteiger partial charge >= 0.3 is 6.18 Å². The van der Waals surface area contributed by atoms with Crippen LogP contribution in [0.3, 0.4) is 0 Å². The van der Waals surface area contributed by atoms with Gasteiger partial charge in [0.2, 0.25) is 0 Å². The maximum Gasteiger partial charge on any atom is 0.406 e. The Bertz CT molecular complexity index is 815. The van der Waals surface area contributed by atoms with E-state index in [2.05, 4.69) is 5.32 Å². The SMILES string of the molecule is CC(=O)c1cc2c(N[C@@H]3CCN(C)C[C@@H]3F)cccc2n1CC(F)(F)F. The number of aromatic nitrogens is 1. The molecule has 3 rings (SSSR count). The van der Waals surface area contributed by atoms with Gasteiger partial charge in [0.05, 0.1) is 17.3 Å². The summed E-state index contributed by atoms with van der Waals surface area (Å²) in [7, 11) is 1.85. The highest BCUT2D eigenvalue weighted by Gasteiger charge is 2.31. The van der Waals surface area contributed by atoms with E-state index in [1.165, 1.54) is 13.0 Å². The molecule has 1 aromatic carbocycles. The van der Waals surface area contributed by atoms with Gasteiger partial charge in [0.1, 0.15) is 12.7 Å². The molecular weight excluding hydrogens is 350 g/mol. The number of carbonyl (C=O) groups excluding carboxylic acids is 1. The highest BCUT2D eigenvalue weighted by atomic mass is 19.4. The van der Waals surface area contributed by atoms with Crippen molar-refractivity contribution in [2.75, 3.05) is 25.5 Å². The molecule has 0 unspecified atom stereocenters. The summed E-state index contributed by atoms with van der Waals surface area (Å²) in [5, 5.41) is 3.62. The number of rotatable bonds is 4. The van der Waals surface area contributed by atoms with Crippen molar-refractivity contribution < 1.29 is 22.4 Å². The molecule has 4 nitrogen and oxygen atoms in total. The van der Waals surface area contributed by atoms with Crippen LogP contribution in [0.2, 0.25) is 0 Å². The first-order chi connectivity index (χ1) is 12.2. The molecule has 1 aliphatic rings. The molecule has 142 valence electrons. The van der Waals surface area contributed by atoms with Crippen molar-refractivity contribution in [2.45, 2.75) is 38.3 Å². The predicted molar refractivity (Wildman–Crippen MR) is 92.4 cm³/mol. The summed E-state index contributed by atoms with van der Waals surface area (Å²) in [6.07, 6.45) is -4.93. The van der Waals surface area contributed by atoms with E-state index >= 15 is 0 Å². The Kier molecular flexibility index (Phi) is 4.96. The number of carbonyl (C=O) groups is 1. The first-order valence-electron chi connectivity index (χ1n) is 8.45. The van der Waals surface area contributed by atoms with Gasteiger partial charge in [-0.2, -0.15) is 13.2 Å². The molecule has 2 aromatic rings. The number of likely N-dealkylation sites (tertiary alicyclic amines) is 1. The fourth-order valence-corrected chi connectivity index (χ4v) is 3.47. The lowest BCUT2D eigenvalue weighted by molar-refractivity contribution is -0.140. The molecular formula is C18H21F4N3O. The average Bonchev–Trinajstić information content (AvgIpc) is 2.88. The summed E-state index contributed by atoms with van der Waals surface area (Å²) in [4.78, 5) is 13.7. The van der Waals surface area contributed by atoms with Crippen molar-refractivity contribution in [3.05, 3.63) is 30.0 Å². The van der Waals surface area contributed by atoms with Gasteiger partial charge in [-0.3, -0.25) is 4.79 Å². The Hall–Kier alpha value is -2.09. The molecule has 2 atom stereocenters. The van der Waals surface area contributed by atoms with E-state index in [4.69, 9.17) is 0 Å². The van der Waals surface area contributed by atoms with Gasteiger partial charge in [-0.1, -0.05) is 6.07 Å². The number of hydrogen-bond acceptors (Lipinski definition) is 3. The Labute approximate surface area is 148 Å². The van der Waals surface area contributed by atoms with Crippen LogP contribution in [0.5, 0.6) is 0 Å². The lowest BCUT2D eigenvalue weighted by atomic mass is 10.0. The van der Waals surface area contributed by atoms with Crippen molar-refractivity contribution in [3.8, 4) is 0 Å². The average molecular weight is 371 g/mol. The number of Topliss-reactive ketones (excluding diaryl/α,β-unsaturated/α-hetero) is 1. The van der Waals surface area contributed by atoms with E-state index in [0.717, 1.165) is 11.1 Å². The minimum absolute atomic E-state index is 0.00764. The lowest BCUT2D eigenvalue weighted by Crippen LogP contribution is -2.46. The maximum atomic E-state index is 14.3. The highest BCUT2D eigenvalue weighted by Crippen LogP contribution is 2.31. The summed E-state index contributed by atoms with van der Waals surface area (Å²) in [6, 6.07) is 5.90. The number of benzene rings is 1. The molecule has 1 aliphatic heterocycles. The number of fused-ring (bicyclic) bond motifs is 1. The molecule has 0 saturated carbocycles. The van der Waals surface area contributed by atoms with Crippen LogP contribution in [0, 0.1) is 0 Å². The summed E-state index contributed by atoms with van der Waals surface area (Å²) in [6.45, 7) is 1.04. The molecule has 0 bridgehead atoms. The van der Waals surface area contributed by atoms with Crippen LogP contribution in [-0.2, 0) is 6.54 Å². The van der Waals surface area contributed by atoms with Crippen LogP contribution < -0.4 is 5.32 Å². The third-order valence-electron chi connectivity index (χ3n) is 4.73. The van der Waals surface area contributed by atoms with Crippen molar-refractivity contribution >= 4 is 22.4 Å².